The lowest BCUT2D eigenvalue weighted by atomic mass is 10.3. The first kappa shape index (κ1) is 17.5. The van der Waals surface area contributed by atoms with Gasteiger partial charge in [0, 0.05) is 23.6 Å². The molecule has 0 saturated carbocycles. The van der Waals surface area contributed by atoms with Crippen molar-refractivity contribution >= 4 is 18.9 Å². The third kappa shape index (κ3) is 3.42. The van der Waals surface area contributed by atoms with Crippen LogP contribution in [0.1, 0.15) is 13.8 Å². The van der Waals surface area contributed by atoms with Gasteiger partial charge in [0.1, 0.15) is 11.5 Å². The highest BCUT2D eigenvalue weighted by atomic mass is 28.4. The van der Waals surface area contributed by atoms with Gasteiger partial charge in [-0.15, -0.1) is 0 Å². The van der Waals surface area contributed by atoms with Crippen molar-refractivity contribution in [3.8, 4) is 11.5 Å². The number of hydrogen-bond acceptors (Lipinski definition) is 4. The van der Waals surface area contributed by atoms with Gasteiger partial charge in [0.25, 0.3) is 0 Å². The predicted molar refractivity (Wildman–Crippen MR) is 94.3 cm³/mol. The fraction of sp³-hybridized carbons (Fsp3) is 0.333. The summed E-state index contributed by atoms with van der Waals surface area (Å²) in [6.45, 7) is 5.04. The highest BCUT2D eigenvalue weighted by Gasteiger charge is 2.46. The van der Waals surface area contributed by atoms with Crippen LogP contribution in [0.2, 0.25) is 0 Å². The Balaban J connectivity index is 2.73. The fourth-order valence-electron chi connectivity index (χ4n) is 2.74. The van der Waals surface area contributed by atoms with Gasteiger partial charge in [0.05, 0.1) is 14.2 Å². The first-order chi connectivity index (χ1) is 11.2. The van der Waals surface area contributed by atoms with E-state index in [4.69, 9.17) is 18.3 Å². The van der Waals surface area contributed by atoms with Crippen LogP contribution in [0, 0.1) is 0 Å². The van der Waals surface area contributed by atoms with E-state index < -0.39 is 8.56 Å². The third-order valence-corrected chi connectivity index (χ3v) is 7.25. The van der Waals surface area contributed by atoms with Gasteiger partial charge in [-0.25, -0.2) is 0 Å². The molecule has 0 atom stereocenters. The van der Waals surface area contributed by atoms with Crippen molar-refractivity contribution in [2.45, 2.75) is 13.8 Å². The molecule has 0 aliphatic heterocycles. The van der Waals surface area contributed by atoms with Crippen LogP contribution in [0.5, 0.6) is 11.5 Å². The molecular weight excluding hydrogens is 308 g/mol. The monoisotopic (exact) mass is 332 g/mol. The predicted octanol–water partition coefficient (Wildman–Crippen LogP) is 2.33. The summed E-state index contributed by atoms with van der Waals surface area (Å²) in [7, 11) is 0.401. The fourth-order valence-corrected chi connectivity index (χ4v) is 6.20. The summed E-state index contributed by atoms with van der Waals surface area (Å²) >= 11 is 0. The molecule has 23 heavy (non-hydrogen) atoms. The Kier molecular flexibility index (Phi) is 6.21. The van der Waals surface area contributed by atoms with Crippen LogP contribution in [0.3, 0.4) is 0 Å². The highest BCUT2D eigenvalue weighted by Crippen LogP contribution is 2.21. The van der Waals surface area contributed by atoms with E-state index in [1.165, 1.54) is 0 Å². The molecule has 0 aliphatic carbocycles. The molecule has 0 radical (unpaired) electrons. The number of ether oxygens (including phenoxy) is 2. The van der Waals surface area contributed by atoms with Crippen LogP contribution < -0.4 is 19.8 Å². The minimum absolute atomic E-state index is 0.544. The quantitative estimate of drug-likeness (QED) is 0.695. The topological polar surface area (TPSA) is 36.9 Å². The van der Waals surface area contributed by atoms with Gasteiger partial charge in [0.15, 0.2) is 0 Å². The first-order valence-electron chi connectivity index (χ1n) is 7.78. The van der Waals surface area contributed by atoms with E-state index in [-0.39, 0.29) is 0 Å². The zero-order chi connectivity index (χ0) is 16.7. The second-order valence-electron chi connectivity index (χ2n) is 4.88. The maximum atomic E-state index is 6.28. The van der Waals surface area contributed by atoms with E-state index in [2.05, 4.69) is 0 Å². The summed E-state index contributed by atoms with van der Waals surface area (Å²) in [5.41, 5.74) is 0. The van der Waals surface area contributed by atoms with Crippen LogP contribution in [-0.2, 0) is 8.85 Å². The van der Waals surface area contributed by atoms with Crippen LogP contribution in [0.4, 0.5) is 0 Å². The molecule has 0 aliphatic rings. The van der Waals surface area contributed by atoms with Gasteiger partial charge < -0.3 is 18.3 Å². The Morgan fingerprint density at radius 2 is 1.09 bits per heavy atom. The number of rotatable bonds is 8. The average Bonchev–Trinajstić information content (AvgIpc) is 2.61. The molecule has 2 aromatic rings. The van der Waals surface area contributed by atoms with Crippen molar-refractivity contribution < 1.29 is 18.3 Å². The van der Waals surface area contributed by atoms with Gasteiger partial charge >= 0.3 is 8.56 Å². The summed E-state index contributed by atoms with van der Waals surface area (Å²) in [4.78, 5) is 0. The van der Waals surface area contributed by atoms with Gasteiger partial charge in [-0.3, -0.25) is 0 Å². The summed E-state index contributed by atoms with van der Waals surface area (Å²) in [5, 5.41) is 1.91. The molecule has 124 valence electrons. The van der Waals surface area contributed by atoms with Crippen molar-refractivity contribution in [2.24, 2.45) is 0 Å². The lowest BCUT2D eigenvalue weighted by molar-refractivity contribution is 0.207. The molecule has 0 saturated heterocycles. The molecule has 0 bridgehead atoms. The van der Waals surface area contributed by atoms with E-state index in [0.717, 1.165) is 21.9 Å². The molecule has 0 fully saturated rings. The van der Waals surface area contributed by atoms with Crippen molar-refractivity contribution in [1.29, 1.82) is 0 Å². The van der Waals surface area contributed by atoms with Crippen LogP contribution in [0.25, 0.3) is 0 Å². The molecule has 5 heteroatoms. The Labute approximate surface area is 139 Å². The van der Waals surface area contributed by atoms with E-state index in [1.807, 2.05) is 62.4 Å². The summed E-state index contributed by atoms with van der Waals surface area (Å²) in [6.07, 6.45) is 0. The lowest BCUT2D eigenvalue weighted by Crippen LogP contribution is -2.64. The summed E-state index contributed by atoms with van der Waals surface area (Å²) in [6, 6.07) is 15.8. The number of para-hydroxylation sites is 2. The van der Waals surface area contributed by atoms with Gasteiger partial charge in [-0.05, 0) is 26.0 Å². The Hall–Kier alpha value is -1.82. The second kappa shape index (κ2) is 8.15. The average molecular weight is 332 g/mol. The van der Waals surface area contributed by atoms with Crippen molar-refractivity contribution in [1.82, 2.24) is 0 Å². The summed E-state index contributed by atoms with van der Waals surface area (Å²) < 4.78 is 23.7. The van der Waals surface area contributed by atoms with E-state index >= 15 is 0 Å². The molecule has 2 rings (SSSR count). The number of methoxy groups -OCH3 is 2. The SMILES string of the molecule is CCO[Si](OCC)(c1ccccc1OC)c1ccccc1OC. The normalized spacial score (nSPS) is 11.3. The van der Waals surface area contributed by atoms with Gasteiger partial charge in [0.2, 0.25) is 0 Å². The van der Waals surface area contributed by atoms with E-state index in [1.54, 1.807) is 14.2 Å². The lowest BCUT2D eigenvalue weighted by Gasteiger charge is -2.32. The zero-order valence-corrected chi connectivity index (χ0v) is 15.2. The Bertz CT molecular complexity index is 574. The minimum atomic E-state index is -2.93. The summed E-state index contributed by atoms with van der Waals surface area (Å²) in [5.74, 6) is 1.54. The molecule has 0 aromatic heterocycles. The zero-order valence-electron chi connectivity index (χ0n) is 14.2. The maximum Gasteiger partial charge on any atom is 0.414 e. The molecule has 4 nitrogen and oxygen atoms in total. The van der Waals surface area contributed by atoms with Crippen molar-refractivity contribution in [2.75, 3.05) is 27.4 Å². The van der Waals surface area contributed by atoms with Gasteiger partial charge in [-0.2, -0.15) is 0 Å². The Morgan fingerprint density at radius 3 is 1.43 bits per heavy atom. The number of hydrogen-bond donors (Lipinski definition) is 0. The molecule has 2 aromatic carbocycles. The van der Waals surface area contributed by atoms with Crippen molar-refractivity contribution in [3.05, 3.63) is 48.5 Å². The minimum Gasteiger partial charge on any atom is -0.497 e. The maximum absolute atomic E-state index is 6.28. The molecule has 0 heterocycles. The first-order valence-corrected chi connectivity index (χ1v) is 9.60. The Morgan fingerprint density at radius 1 is 0.696 bits per heavy atom. The third-order valence-electron chi connectivity index (χ3n) is 3.62. The van der Waals surface area contributed by atoms with Crippen LogP contribution in [-0.4, -0.2) is 36.0 Å². The van der Waals surface area contributed by atoms with Crippen LogP contribution in [0.15, 0.2) is 48.5 Å². The standard InChI is InChI=1S/C18H24O4Si/c1-5-21-23(22-6-2,17-13-9-7-11-15(17)19-3)18-14-10-8-12-16(18)20-4/h7-14H,5-6H2,1-4H3. The number of benzene rings is 2. The van der Waals surface area contributed by atoms with Crippen LogP contribution >= 0.6 is 0 Å². The molecule has 0 spiro atoms. The molecule has 0 amide bonds. The van der Waals surface area contributed by atoms with E-state index in [9.17, 15) is 0 Å². The molecule has 0 unspecified atom stereocenters. The van der Waals surface area contributed by atoms with E-state index in [0.29, 0.717) is 13.2 Å². The van der Waals surface area contributed by atoms with Crippen molar-refractivity contribution in [3.63, 3.8) is 0 Å². The highest BCUT2D eigenvalue weighted by molar-refractivity contribution is 6.93. The molecule has 0 N–H and O–H groups in total. The largest absolute Gasteiger partial charge is 0.497 e. The smallest absolute Gasteiger partial charge is 0.414 e. The molecular formula is C18H24O4Si. The second-order valence-corrected chi connectivity index (χ2v) is 7.77. The van der Waals surface area contributed by atoms with Gasteiger partial charge in [-0.1, -0.05) is 36.4 Å².